The number of benzene rings is 1. The van der Waals surface area contributed by atoms with Crippen LogP contribution in [-0.2, 0) is 6.42 Å². The second-order valence-corrected chi connectivity index (χ2v) is 4.57. The number of aromatic nitrogens is 2. The molecular weight excluding hydrogens is 256 g/mol. The van der Waals surface area contributed by atoms with Crippen LogP contribution in [0, 0.1) is 0 Å². The summed E-state index contributed by atoms with van der Waals surface area (Å²) in [5.41, 5.74) is 0.633. The number of unbranched alkanes of at least 4 members (excludes halogenated alkanes) is 1. The molecule has 1 heterocycles. The maximum atomic E-state index is 11.2. The zero-order valence-electron chi connectivity index (χ0n) is 11.4. The average molecular weight is 274 g/mol. The van der Waals surface area contributed by atoms with E-state index >= 15 is 0 Å². The highest BCUT2D eigenvalue weighted by Crippen LogP contribution is 2.14. The summed E-state index contributed by atoms with van der Waals surface area (Å²) in [7, 11) is 0. The number of hydrogen-bond donors (Lipinski definition) is 2. The largest absolute Gasteiger partial charge is 0.494 e. The van der Waals surface area contributed by atoms with Crippen molar-refractivity contribution in [1.82, 2.24) is 9.97 Å². The fraction of sp³-hybridized carbons (Fsp3) is 0.333. The minimum absolute atomic E-state index is 0.261. The molecule has 5 nitrogen and oxygen atoms in total. The molecule has 0 aliphatic carbocycles. The molecule has 0 atom stereocenters. The maximum Gasteiger partial charge on any atom is 0.254 e. The van der Waals surface area contributed by atoms with E-state index in [1.807, 2.05) is 24.3 Å². The third kappa shape index (κ3) is 4.12. The Balaban J connectivity index is 2.01. The summed E-state index contributed by atoms with van der Waals surface area (Å²) < 4.78 is 5.58. The molecule has 0 radical (unpaired) electrons. The van der Waals surface area contributed by atoms with Gasteiger partial charge >= 0.3 is 0 Å². The van der Waals surface area contributed by atoms with E-state index in [4.69, 9.17) is 4.74 Å². The molecular formula is C15H18N2O3. The summed E-state index contributed by atoms with van der Waals surface area (Å²) in [5.74, 6) is 1.01. The molecule has 0 fully saturated rings. The molecule has 0 saturated heterocycles. The van der Waals surface area contributed by atoms with E-state index in [9.17, 15) is 9.90 Å². The smallest absolute Gasteiger partial charge is 0.254 e. The molecule has 1 aromatic carbocycles. The number of nitrogens with zero attached hydrogens (tertiary/aromatic N) is 1. The molecule has 5 heteroatoms. The van der Waals surface area contributed by atoms with Gasteiger partial charge in [-0.25, -0.2) is 0 Å². The maximum absolute atomic E-state index is 11.2. The zero-order valence-corrected chi connectivity index (χ0v) is 11.4. The predicted octanol–water partition coefficient (Wildman–Crippen LogP) is 2.25. The first-order chi connectivity index (χ1) is 9.67. The van der Waals surface area contributed by atoms with Gasteiger partial charge in [0.05, 0.1) is 12.7 Å². The number of aromatic hydroxyl groups is 1. The number of ether oxygens (including phenoxy) is 1. The molecule has 0 aliphatic heterocycles. The van der Waals surface area contributed by atoms with E-state index in [1.165, 1.54) is 0 Å². The van der Waals surface area contributed by atoms with E-state index in [0.717, 1.165) is 36.8 Å². The standard InChI is InChI=1S/C15H18N2O3/c1-2-3-8-20-12-6-4-11(5-7-12)9-13-16-14(18)10-15(19)17-13/h4-7,10H,2-3,8-9H2,1H3,(H2,16,17,18,19). The van der Waals surface area contributed by atoms with Crippen molar-refractivity contribution in [3.63, 3.8) is 0 Å². The Bertz CT molecular complexity index is 605. The summed E-state index contributed by atoms with van der Waals surface area (Å²) in [6.07, 6.45) is 2.60. The third-order valence-corrected chi connectivity index (χ3v) is 2.84. The summed E-state index contributed by atoms with van der Waals surface area (Å²) in [6, 6.07) is 8.68. The SMILES string of the molecule is CCCCOc1ccc(Cc2nc(O)cc(=O)[nH]2)cc1. The van der Waals surface area contributed by atoms with Gasteiger partial charge in [-0.3, -0.25) is 4.79 Å². The van der Waals surface area contributed by atoms with Crippen LogP contribution in [0.15, 0.2) is 35.1 Å². The Morgan fingerprint density at radius 1 is 1.30 bits per heavy atom. The van der Waals surface area contributed by atoms with Crippen molar-refractivity contribution in [2.75, 3.05) is 6.61 Å². The Kier molecular flexibility index (Phi) is 4.76. The average Bonchev–Trinajstić information content (AvgIpc) is 2.40. The van der Waals surface area contributed by atoms with Gasteiger partial charge in [0.15, 0.2) is 0 Å². The Hall–Kier alpha value is -2.30. The lowest BCUT2D eigenvalue weighted by Crippen LogP contribution is -2.09. The molecule has 0 aliphatic rings. The van der Waals surface area contributed by atoms with Gasteiger partial charge in [-0.05, 0) is 24.1 Å². The van der Waals surface area contributed by atoms with E-state index in [0.29, 0.717) is 12.2 Å². The summed E-state index contributed by atoms with van der Waals surface area (Å²) in [6.45, 7) is 2.84. The van der Waals surface area contributed by atoms with Gasteiger partial charge in [0.25, 0.3) is 5.56 Å². The van der Waals surface area contributed by atoms with Gasteiger partial charge in [0.1, 0.15) is 11.6 Å². The number of aromatic amines is 1. The van der Waals surface area contributed by atoms with Crippen LogP contribution < -0.4 is 10.3 Å². The number of hydrogen-bond acceptors (Lipinski definition) is 4. The lowest BCUT2D eigenvalue weighted by Gasteiger charge is -2.06. The molecule has 0 spiro atoms. The molecule has 0 saturated carbocycles. The second-order valence-electron chi connectivity index (χ2n) is 4.57. The quantitative estimate of drug-likeness (QED) is 0.792. The number of H-pyrrole nitrogens is 1. The summed E-state index contributed by atoms with van der Waals surface area (Å²) in [5, 5.41) is 9.29. The van der Waals surface area contributed by atoms with Crippen LogP contribution in [0.25, 0.3) is 0 Å². The van der Waals surface area contributed by atoms with Crippen molar-refractivity contribution < 1.29 is 9.84 Å². The van der Waals surface area contributed by atoms with Crippen molar-refractivity contribution in [2.24, 2.45) is 0 Å². The van der Waals surface area contributed by atoms with Crippen LogP contribution in [0.1, 0.15) is 31.2 Å². The van der Waals surface area contributed by atoms with Crippen molar-refractivity contribution in [3.8, 4) is 11.6 Å². The highest BCUT2D eigenvalue weighted by atomic mass is 16.5. The van der Waals surface area contributed by atoms with Gasteiger partial charge in [-0.2, -0.15) is 4.98 Å². The Morgan fingerprint density at radius 2 is 2.05 bits per heavy atom. The highest BCUT2D eigenvalue weighted by Gasteiger charge is 2.02. The molecule has 2 rings (SSSR count). The van der Waals surface area contributed by atoms with Gasteiger partial charge in [-0.15, -0.1) is 0 Å². The monoisotopic (exact) mass is 274 g/mol. The first-order valence-corrected chi connectivity index (χ1v) is 6.68. The first-order valence-electron chi connectivity index (χ1n) is 6.68. The number of rotatable bonds is 6. The predicted molar refractivity (Wildman–Crippen MR) is 76.2 cm³/mol. The van der Waals surface area contributed by atoms with Crippen LogP contribution in [0.4, 0.5) is 0 Å². The van der Waals surface area contributed by atoms with Crippen LogP contribution in [-0.4, -0.2) is 21.7 Å². The minimum atomic E-state index is -0.355. The number of nitrogens with one attached hydrogen (secondary N) is 1. The topological polar surface area (TPSA) is 75.2 Å². The van der Waals surface area contributed by atoms with E-state index < -0.39 is 0 Å². The third-order valence-electron chi connectivity index (χ3n) is 2.84. The summed E-state index contributed by atoms with van der Waals surface area (Å²) in [4.78, 5) is 17.7. The normalized spacial score (nSPS) is 10.4. The Labute approximate surface area is 117 Å². The van der Waals surface area contributed by atoms with Gasteiger partial charge < -0.3 is 14.8 Å². The molecule has 106 valence electrons. The van der Waals surface area contributed by atoms with Crippen molar-refractivity contribution in [3.05, 3.63) is 52.1 Å². The fourth-order valence-electron chi connectivity index (χ4n) is 1.81. The van der Waals surface area contributed by atoms with Crippen LogP contribution >= 0.6 is 0 Å². The molecule has 0 amide bonds. The highest BCUT2D eigenvalue weighted by molar-refractivity contribution is 5.29. The van der Waals surface area contributed by atoms with Crippen molar-refractivity contribution in [1.29, 1.82) is 0 Å². The zero-order chi connectivity index (χ0) is 14.4. The lowest BCUT2D eigenvalue weighted by molar-refractivity contribution is 0.309. The van der Waals surface area contributed by atoms with Gasteiger partial charge in [-0.1, -0.05) is 25.5 Å². The molecule has 2 aromatic rings. The molecule has 20 heavy (non-hydrogen) atoms. The van der Waals surface area contributed by atoms with Gasteiger partial charge in [0.2, 0.25) is 5.88 Å². The van der Waals surface area contributed by atoms with Crippen molar-refractivity contribution in [2.45, 2.75) is 26.2 Å². The van der Waals surface area contributed by atoms with E-state index in [1.54, 1.807) is 0 Å². The minimum Gasteiger partial charge on any atom is -0.494 e. The lowest BCUT2D eigenvalue weighted by atomic mass is 10.1. The van der Waals surface area contributed by atoms with E-state index in [2.05, 4.69) is 16.9 Å². The van der Waals surface area contributed by atoms with Gasteiger partial charge in [0, 0.05) is 6.42 Å². The van der Waals surface area contributed by atoms with Crippen LogP contribution in [0.3, 0.4) is 0 Å². The second kappa shape index (κ2) is 6.75. The van der Waals surface area contributed by atoms with Crippen LogP contribution in [0.2, 0.25) is 0 Å². The summed E-state index contributed by atoms with van der Waals surface area (Å²) >= 11 is 0. The molecule has 1 aromatic heterocycles. The molecule has 0 bridgehead atoms. The molecule has 2 N–H and O–H groups in total. The van der Waals surface area contributed by atoms with Crippen molar-refractivity contribution >= 4 is 0 Å². The van der Waals surface area contributed by atoms with E-state index in [-0.39, 0.29) is 11.4 Å². The van der Waals surface area contributed by atoms with Crippen LogP contribution in [0.5, 0.6) is 11.6 Å². The Morgan fingerprint density at radius 3 is 2.70 bits per heavy atom. The fourth-order valence-corrected chi connectivity index (χ4v) is 1.81. The molecule has 0 unspecified atom stereocenters. The first kappa shape index (κ1) is 14.1.